The lowest BCUT2D eigenvalue weighted by molar-refractivity contribution is -0.176. The molecule has 25 heavy (non-hydrogen) atoms. The van der Waals surface area contributed by atoms with E-state index in [1.54, 1.807) is 7.11 Å². The molecule has 0 bridgehead atoms. The molecular formula is C19H38N4O2. The van der Waals surface area contributed by atoms with Crippen LogP contribution in [0.15, 0.2) is 4.99 Å². The van der Waals surface area contributed by atoms with Crippen LogP contribution >= 0.6 is 0 Å². The first-order valence-electron chi connectivity index (χ1n) is 9.59. The summed E-state index contributed by atoms with van der Waals surface area (Å²) in [5.41, 5.74) is -0.00118. The number of ether oxygens (including phenoxy) is 2. The molecule has 3 atom stereocenters. The molecule has 0 aromatic heterocycles. The molecule has 2 rings (SSSR count). The first-order valence-corrected chi connectivity index (χ1v) is 9.59. The standard InChI is InChI=1S/C19H38N4O2/c1-14(2)15(23-8-10-25-11-9-23)13-21-17(20-6)22-16-12-19(5,24-7)18(16,3)4/h14-16H,8-13H2,1-7H3,(H2,20,21,22). The fourth-order valence-electron chi connectivity index (χ4n) is 3.98. The summed E-state index contributed by atoms with van der Waals surface area (Å²) < 4.78 is 11.2. The molecule has 1 aliphatic heterocycles. The highest BCUT2D eigenvalue weighted by Crippen LogP contribution is 2.51. The van der Waals surface area contributed by atoms with Crippen molar-refractivity contribution in [3.8, 4) is 0 Å². The minimum atomic E-state index is -0.0716. The van der Waals surface area contributed by atoms with E-state index in [1.807, 2.05) is 7.05 Å². The summed E-state index contributed by atoms with van der Waals surface area (Å²) in [6, 6.07) is 0.852. The zero-order valence-electron chi connectivity index (χ0n) is 17.2. The number of methoxy groups -OCH3 is 1. The third-order valence-corrected chi connectivity index (χ3v) is 6.58. The van der Waals surface area contributed by atoms with Crippen LogP contribution in [0.4, 0.5) is 0 Å². The van der Waals surface area contributed by atoms with Crippen LogP contribution in [0.2, 0.25) is 0 Å². The van der Waals surface area contributed by atoms with Crippen molar-refractivity contribution < 1.29 is 9.47 Å². The highest BCUT2D eigenvalue weighted by Gasteiger charge is 2.58. The van der Waals surface area contributed by atoms with Crippen molar-refractivity contribution in [1.82, 2.24) is 15.5 Å². The fourth-order valence-corrected chi connectivity index (χ4v) is 3.98. The Kier molecular flexibility index (Phi) is 6.74. The highest BCUT2D eigenvalue weighted by atomic mass is 16.5. The maximum Gasteiger partial charge on any atom is 0.191 e. The van der Waals surface area contributed by atoms with Gasteiger partial charge in [0.05, 0.1) is 18.8 Å². The molecule has 0 amide bonds. The molecule has 1 heterocycles. The molecule has 0 spiro atoms. The van der Waals surface area contributed by atoms with Crippen LogP contribution in [0.25, 0.3) is 0 Å². The van der Waals surface area contributed by atoms with Crippen molar-refractivity contribution in [2.75, 3.05) is 47.0 Å². The Bertz CT molecular complexity index is 460. The van der Waals surface area contributed by atoms with Crippen LogP contribution in [0.1, 0.15) is 41.0 Å². The van der Waals surface area contributed by atoms with E-state index in [0.29, 0.717) is 18.0 Å². The van der Waals surface area contributed by atoms with Gasteiger partial charge in [0.15, 0.2) is 5.96 Å². The lowest BCUT2D eigenvalue weighted by atomic mass is 9.56. The molecule has 0 radical (unpaired) electrons. The Morgan fingerprint density at radius 2 is 1.92 bits per heavy atom. The topological polar surface area (TPSA) is 58.1 Å². The number of hydrogen-bond acceptors (Lipinski definition) is 4. The van der Waals surface area contributed by atoms with Gasteiger partial charge in [0, 0.05) is 51.3 Å². The summed E-state index contributed by atoms with van der Waals surface area (Å²) in [4.78, 5) is 6.97. The van der Waals surface area contributed by atoms with Crippen LogP contribution < -0.4 is 10.6 Å². The molecule has 1 aliphatic carbocycles. The number of aliphatic imine (C=N–C) groups is 1. The largest absolute Gasteiger partial charge is 0.379 e. The van der Waals surface area contributed by atoms with Gasteiger partial charge in [0.1, 0.15) is 0 Å². The SMILES string of the molecule is CN=C(NCC(C(C)C)N1CCOCC1)NC1CC(C)(OC)C1(C)C. The second-order valence-electron chi connectivity index (χ2n) is 8.47. The van der Waals surface area contributed by atoms with E-state index in [1.165, 1.54) is 0 Å². The summed E-state index contributed by atoms with van der Waals surface area (Å²) in [6.07, 6.45) is 0.994. The summed E-state index contributed by atoms with van der Waals surface area (Å²) >= 11 is 0. The lowest BCUT2D eigenvalue weighted by Gasteiger charge is -2.59. The van der Waals surface area contributed by atoms with Gasteiger partial charge in [-0.3, -0.25) is 9.89 Å². The van der Waals surface area contributed by atoms with Crippen molar-refractivity contribution in [2.45, 2.75) is 58.7 Å². The molecule has 6 heteroatoms. The highest BCUT2D eigenvalue weighted by molar-refractivity contribution is 5.80. The van der Waals surface area contributed by atoms with Gasteiger partial charge in [-0.1, -0.05) is 27.7 Å². The first-order chi connectivity index (χ1) is 11.7. The van der Waals surface area contributed by atoms with Gasteiger partial charge in [0.25, 0.3) is 0 Å². The van der Waals surface area contributed by atoms with Crippen molar-refractivity contribution in [2.24, 2.45) is 16.3 Å². The summed E-state index contributed by atoms with van der Waals surface area (Å²) in [7, 11) is 3.65. The van der Waals surface area contributed by atoms with E-state index in [9.17, 15) is 0 Å². The maximum absolute atomic E-state index is 5.72. The minimum Gasteiger partial charge on any atom is -0.379 e. The van der Waals surface area contributed by atoms with Gasteiger partial charge < -0.3 is 20.1 Å². The molecule has 0 aromatic rings. The van der Waals surface area contributed by atoms with Crippen molar-refractivity contribution >= 4 is 5.96 Å². The molecule has 2 fully saturated rings. The molecule has 1 saturated carbocycles. The normalized spacial score (nSPS) is 31.5. The Morgan fingerprint density at radius 1 is 1.28 bits per heavy atom. The number of nitrogens with one attached hydrogen (secondary N) is 2. The second-order valence-corrected chi connectivity index (χ2v) is 8.47. The average molecular weight is 355 g/mol. The Labute approximate surface area is 153 Å². The summed E-state index contributed by atoms with van der Waals surface area (Å²) in [5, 5.41) is 7.14. The number of nitrogens with zero attached hydrogens (tertiary/aromatic N) is 2. The first kappa shape index (κ1) is 20.5. The second kappa shape index (κ2) is 8.23. The van der Waals surface area contributed by atoms with Gasteiger partial charge in [-0.05, 0) is 19.3 Å². The number of morpholine rings is 1. The summed E-state index contributed by atoms with van der Waals surface area (Å²) in [5.74, 6) is 1.47. The van der Waals surface area contributed by atoms with Crippen LogP contribution in [0.5, 0.6) is 0 Å². The monoisotopic (exact) mass is 354 g/mol. The van der Waals surface area contributed by atoms with Gasteiger partial charge in [0.2, 0.25) is 0 Å². The van der Waals surface area contributed by atoms with Crippen molar-refractivity contribution in [3.05, 3.63) is 0 Å². The molecule has 146 valence electrons. The quantitative estimate of drug-likeness (QED) is 0.562. The number of hydrogen-bond donors (Lipinski definition) is 2. The smallest absolute Gasteiger partial charge is 0.191 e. The van der Waals surface area contributed by atoms with Gasteiger partial charge in [-0.15, -0.1) is 0 Å². The molecule has 2 aliphatic rings. The van der Waals surface area contributed by atoms with E-state index < -0.39 is 0 Å². The van der Waals surface area contributed by atoms with E-state index in [-0.39, 0.29) is 11.0 Å². The zero-order valence-corrected chi connectivity index (χ0v) is 17.2. The van der Waals surface area contributed by atoms with Gasteiger partial charge in [-0.2, -0.15) is 0 Å². The Balaban J connectivity index is 1.89. The molecule has 1 saturated heterocycles. The molecular weight excluding hydrogens is 316 g/mol. The van der Waals surface area contributed by atoms with E-state index in [0.717, 1.165) is 45.2 Å². The van der Waals surface area contributed by atoms with Crippen molar-refractivity contribution in [1.29, 1.82) is 0 Å². The van der Waals surface area contributed by atoms with Gasteiger partial charge in [-0.25, -0.2) is 0 Å². The Hall–Kier alpha value is -0.850. The van der Waals surface area contributed by atoms with Crippen LogP contribution in [-0.2, 0) is 9.47 Å². The van der Waals surface area contributed by atoms with E-state index >= 15 is 0 Å². The lowest BCUT2D eigenvalue weighted by Crippen LogP contribution is -2.69. The fraction of sp³-hybridized carbons (Fsp3) is 0.947. The van der Waals surface area contributed by atoms with Crippen molar-refractivity contribution in [3.63, 3.8) is 0 Å². The average Bonchev–Trinajstić information content (AvgIpc) is 2.60. The number of guanidine groups is 1. The Morgan fingerprint density at radius 3 is 2.40 bits per heavy atom. The predicted octanol–water partition coefficient (Wildman–Crippen LogP) is 1.71. The number of rotatable bonds is 6. The molecule has 3 unspecified atom stereocenters. The van der Waals surface area contributed by atoms with Crippen LogP contribution in [0.3, 0.4) is 0 Å². The minimum absolute atomic E-state index is 0.0705. The predicted molar refractivity (Wildman–Crippen MR) is 103 cm³/mol. The van der Waals surface area contributed by atoms with Crippen LogP contribution in [-0.4, -0.2) is 75.5 Å². The third kappa shape index (κ3) is 4.29. The zero-order chi connectivity index (χ0) is 18.7. The summed E-state index contributed by atoms with van der Waals surface area (Å²) in [6.45, 7) is 15.9. The van der Waals surface area contributed by atoms with E-state index in [4.69, 9.17) is 9.47 Å². The molecule has 2 N–H and O–H groups in total. The van der Waals surface area contributed by atoms with Crippen LogP contribution in [0, 0.1) is 11.3 Å². The molecule has 6 nitrogen and oxygen atoms in total. The maximum atomic E-state index is 5.72. The van der Waals surface area contributed by atoms with E-state index in [2.05, 4.69) is 55.1 Å². The van der Waals surface area contributed by atoms with Gasteiger partial charge >= 0.3 is 0 Å². The molecule has 0 aromatic carbocycles. The third-order valence-electron chi connectivity index (χ3n) is 6.58.